The molecule has 2 nitrogen and oxygen atoms in total. The highest BCUT2D eigenvalue weighted by Crippen LogP contribution is 2.21. The Morgan fingerprint density at radius 1 is 1.41 bits per heavy atom. The van der Waals surface area contributed by atoms with Gasteiger partial charge in [-0.25, -0.2) is 0 Å². The van der Waals surface area contributed by atoms with Crippen LogP contribution < -0.4 is 5.73 Å². The fourth-order valence-electron chi connectivity index (χ4n) is 2.06. The third-order valence-electron chi connectivity index (χ3n) is 3.28. The standard InChI is InChI=1S/C14H18N2S/c1-3-10(2)9-16-8-7-11-12(14(15)17)5-4-6-13(11)16/h4-8,10H,3,9H2,1-2H3,(H2,15,17). The Kier molecular flexibility index (Phi) is 3.48. The van der Waals surface area contributed by atoms with Crippen molar-refractivity contribution in [2.24, 2.45) is 11.7 Å². The topological polar surface area (TPSA) is 30.9 Å². The van der Waals surface area contributed by atoms with Gasteiger partial charge in [-0.2, -0.15) is 0 Å². The van der Waals surface area contributed by atoms with Crippen LogP contribution in [0.1, 0.15) is 25.8 Å². The van der Waals surface area contributed by atoms with E-state index in [1.165, 1.54) is 11.9 Å². The van der Waals surface area contributed by atoms with E-state index in [1.807, 2.05) is 12.1 Å². The molecule has 0 saturated carbocycles. The van der Waals surface area contributed by atoms with Crippen LogP contribution in [0, 0.1) is 5.92 Å². The van der Waals surface area contributed by atoms with E-state index in [0.717, 1.165) is 17.5 Å². The van der Waals surface area contributed by atoms with Gasteiger partial charge >= 0.3 is 0 Å². The number of fused-ring (bicyclic) bond motifs is 1. The molecule has 1 atom stereocenters. The largest absolute Gasteiger partial charge is 0.389 e. The summed E-state index contributed by atoms with van der Waals surface area (Å²) in [5.41, 5.74) is 7.93. The highest BCUT2D eigenvalue weighted by molar-refractivity contribution is 7.80. The Morgan fingerprint density at radius 2 is 2.18 bits per heavy atom. The summed E-state index contributed by atoms with van der Waals surface area (Å²) >= 11 is 5.08. The van der Waals surface area contributed by atoms with Crippen molar-refractivity contribution in [3.8, 4) is 0 Å². The number of hydrogen-bond acceptors (Lipinski definition) is 1. The van der Waals surface area contributed by atoms with Crippen LogP contribution in [0.5, 0.6) is 0 Å². The molecule has 0 bridgehead atoms. The SMILES string of the molecule is CCC(C)Cn1ccc2c(C(N)=S)cccc21. The van der Waals surface area contributed by atoms with Gasteiger partial charge in [0.15, 0.2) is 0 Å². The van der Waals surface area contributed by atoms with Crippen LogP contribution in [-0.4, -0.2) is 9.56 Å². The van der Waals surface area contributed by atoms with Gasteiger partial charge in [0, 0.05) is 29.2 Å². The first kappa shape index (κ1) is 12.1. The summed E-state index contributed by atoms with van der Waals surface area (Å²) in [6.07, 6.45) is 3.31. The minimum atomic E-state index is 0.469. The second-order valence-electron chi connectivity index (χ2n) is 4.58. The second-order valence-corrected chi connectivity index (χ2v) is 5.02. The molecule has 90 valence electrons. The van der Waals surface area contributed by atoms with Gasteiger partial charge in [0.2, 0.25) is 0 Å². The molecule has 0 aliphatic rings. The van der Waals surface area contributed by atoms with Gasteiger partial charge in [0.05, 0.1) is 0 Å². The number of rotatable bonds is 4. The monoisotopic (exact) mass is 246 g/mol. The van der Waals surface area contributed by atoms with Crippen molar-refractivity contribution in [1.29, 1.82) is 0 Å². The van der Waals surface area contributed by atoms with Crippen LogP contribution in [0.3, 0.4) is 0 Å². The first-order chi connectivity index (χ1) is 8.13. The van der Waals surface area contributed by atoms with Crippen molar-refractivity contribution in [1.82, 2.24) is 4.57 Å². The maximum atomic E-state index is 5.74. The molecular weight excluding hydrogens is 228 g/mol. The van der Waals surface area contributed by atoms with Gasteiger partial charge in [-0.15, -0.1) is 0 Å². The number of nitrogens with zero attached hydrogens (tertiary/aromatic N) is 1. The molecule has 0 saturated heterocycles. The van der Waals surface area contributed by atoms with Crippen LogP contribution in [0.2, 0.25) is 0 Å². The van der Waals surface area contributed by atoms with Crippen molar-refractivity contribution in [2.75, 3.05) is 0 Å². The summed E-state index contributed by atoms with van der Waals surface area (Å²) in [5.74, 6) is 0.680. The average molecular weight is 246 g/mol. The van der Waals surface area contributed by atoms with E-state index in [4.69, 9.17) is 18.0 Å². The van der Waals surface area contributed by atoms with Crippen LogP contribution in [0.25, 0.3) is 10.9 Å². The van der Waals surface area contributed by atoms with E-state index < -0.39 is 0 Å². The second kappa shape index (κ2) is 4.88. The number of benzene rings is 1. The number of thiocarbonyl (C=S) groups is 1. The Balaban J connectivity index is 2.47. The number of aromatic nitrogens is 1. The van der Waals surface area contributed by atoms with Crippen molar-refractivity contribution in [3.05, 3.63) is 36.0 Å². The van der Waals surface area contributed by atoms with Crippen LogP contribution in [0.15, 0.2) is 30.5 Å². The van der Waals surface area contributed by atoms with Crippen LogP contribution >= 0.6 is 12.2 Å². The first-order valence-electron chi connectivity index (χ1n) is 6.01. The summed E-state index contributed by atoms with van der Waals surface area (Å²) in [5, 5.41) is 1.16. The van der Waals surface area contributed by atoms with E-state index in [0.29, 0.717) is 10.9 Å². The Bertz CT molecular complexity index is 542. The zero-order chi connectivity index (χ0) is 12.4. The minimum absolute atomic E-state index is 0.469. The third kappa shape index (κ3) is 2.34. The maximum Gasteiger partial charge on any atom is 0.104 e. The van der Waals surface area contributed by atoms with Gasteiger partial charge in [-0.3, -0.25) is 0 Å². The molecule has 17 heavy (non-hydrogen) atoms. The molecule has 1 aromatic carbocycles. The van der Waals surface area contributed by atoms with Crippen molar-refractivity contribution < 1.29 is 0 Å². The molecule has 2 N–H and O–H groups in total. The molecule has 0 fully saturated rings. The van der Waals surface area contributed by atoms with E-state index in [-0.39, 0.29) is 0 Å². The fourth-order valence-corrected chi connectivity index (χ4v) is 2.24. The van der Waals surface area contributed by atoms with Gasteiger partial charge in [0.1, 0.15) is 4.99 Å². The fraction of sp³-hybridized carbons (Fsp3) is 0.357. The predicted octanol–water partition coefficient (Wildman–Crippen LogP) is 3.32. The molecule has 1 aromatic heterocycles. The minimum Gasteiger partial charge on any atom is -0.389 e. The van der Waals surface area contributed by atoms with Gasteiger partial charge in [-0.1, -0.05) is 44.6 Å². The molecule has 2 aromatic rings. The van der Waals surface area contributed by atoms with E-state index >= 15 is 0 Å². The lowest BCUT2D eigenvalue weighted by molar-refractivity contribution is 0.477. The summed E-state index contributed by atoms with van der Waals surface area (Å²) in [4.78, 5) is 0.469. The first-order valence-corrected chi connectivity index (χ1v) is 6.42. The predicted molar refractivity (Wildman–Crippen MR) is 77.3 cm³/mol. The Labute approximate surface area is 107 Å². The van der Waals surface area contributed by atoms with Crippen LogP contribution in [0.4, 0.5) is 0 Å². The number of hydrogen-bond donors (Lipinski definition) is 1. The summed E-state index contributed by atoms with van der Waals surface area (Å²) in [7, 11) is 0. The molecule has 3 heteroatoms. The van der Waals surface area contributed by atoms with Crippen LogP contribution in [-0.2, 0) is 6.54 Å². The highest BCUT2D eigenvalue weighted by Gasteiger charge is 2.08. The molecule has 0 aliphatic carbocycles. The van der Waals surface area contributed by atoms with Gasteiger partial charge in [0.25, 0.3) is 0 Å². The average Bonchev–Trinajstić information content (AvgIpc) is 2.72. The lowest BCUT2D eigenvalue weighted by atomic mass is 10.1. The maximum absolute atomic E-state index is 5.74. The molecule has 1 unspecified atom stereocenters. The molecule has 2 rings (SSSR count). The van der Waals surface area contributed by atoms with Crippen molar-refractivity contribution >= 4 is 28.1 Å². The summed E-state index contributed by atoms with van der Waals surface area (Å²) in [6, 6.07) is 8.23. The van der Waals surface area contributed by atoms with Gasteiger partial charge < -0.3 is 10.3 Å². The third-order valence-corrected chi connectivity index (χ3v) is 3.50. The van der Waals surface area contributed by atoms with Crippen molar-refractivity contribution in [2.45, 2.75) is 26.8 Å². The molecule has 0 aliphatic heterocycles. The summed E-state index contributed by atoms with van der Waals surface area (Å²) in [6.45, 7) is 5.53. The molecule has 1 heterocycles. The van der Waals surface area contributed by atoms with E-state index in [1.54, 1.807) is 0 Å². The van der Waals surface area contributed by atoms with E-state index in [9.17, 15) is 0 Å². The van der Waals surface area contributed by atoms with Crippen molar-refractivity contribution in [3.63, 3.8) is 0 Å². The number of nitrogens with two attached hydrogens (primary N) is 1. The zero-order valence-corrected chi connectivity index (χ0v) is 11.1. The molecule has 0 spiro atoms. The highest BCUT2D eigenvalue weighted by atomic mass is 32.1. The lowest BCUT2D eigenvalue weighted by Gasteiger charge is -2.11. The molecule has 0 radical (unpaired) electrons. The smallest absolute Gasteiger partial charge is 0.104 e. The normalized spacial score (nSPS) is 12.8. The lowest BCUT2D eigenvalue weighted by Crippen LogP contribution is -2.10. The van der Waals surface area contributed by atoms with Gasteiger partial charge in [-0.05, 0) is 18.1 Å². The molecular formula is C14H18N2S. The quantitative estimate of drug-likeness (QED) is 0.839. The zero-order valence-electron chi connectivity index (χ0n) is 10.3. The Morgan fingerprint density at radius 3 is 2.82 bits per heavy atom. The van der Waals surface area contributed by atoms with E-state index in [2.05, 4.69) is 36.7 Å². The summed E-state index contributed by atoms with van der Waals surface area (Å²) < 4.78 is 2.28. The molecule has 0 amide bonds. The Hall–Kier alpha value is -1.35.